The van der Waals surface area contributed by atoms with Crippen molar-refractivity contribution in [3.05, 3.63) is 72.3 Å². The molecular formula is C32H40N6O5S. The van der Waals surface area contributed by atoms with E-state index in [0.717, 1.165) is 57.9 Å². The zero-order chi connectivity index (χ0) is 31.3. The Morgan fingerprint density at radius 3 is 2.50 bits per heavy atom. The van der Waals surface area contributed by atoms with Gasteiger partial charge in [-0.3, -0.25) is 14.2 Å². The molecule has 44 heavy (non-hydrogen) atoms. The molecule has 1 fully saturated rings. The van der Waals surface area contributed by atoms with Crippen LogP contribution in [0, 0.1) is 0 Å². The third kappa shape index (κ3) is 7.03. The summed E-state index contributed by atoms with van der Waals surface area (Å²) in [6.07, 6.45) is 11.5. The number of carbonyl (C=O) groups is 2. The topological polar surface area (TPSA) is 142 Å². The summed E-state index contributed by atoms with van der Waals surface area (Å²) in [6.45, 7) is 0.732. The number of fused-ring (bicyclic) bond motifs is 1. The predicted molar refractivity (Wildman–Crippen MR) is 170 cm³/mol. The number of nitrogens with two attached hydrogens (primary N) is 1. The highest BCUT2D eigenvalue weighted by Gasteiger charge is 2.28. The van der Waals surface area contributed by atoms with Gasteiger partial charge in [-0.15, -0.1) is 0 Å². The summed E-state index contributed by atoms with van der Waals surface area (Å²) in [5.41, 5.74) is 4.50. The molecule has 0 saturated heterocycles. The van der Waals surface area contributed by atoms with Gasteiger partial charge in [0, 0.05) is 43.5 Å². The molecule has 2 aromatic heterocycles. The molecular weight excluding hydrogens is 580 g/mol. The van der Waals surface area contributed by atoms with Crippen LogP contribution in [-0.2, 0) is 21.5 Å². The smallest absolute Gasteiger partial charge is 0.276 e. The van der Waals surface area contributed by atoms with Crippen molar-refractivity contribution in [1.82, 2.24) is 23.7 Å². The third-order valence-corrected chi connectivity index (χ3v) is 9.48. The van der Waals surface area contributed by atoms with Crippen LogP contribution in [0.15, 0.2) is 61.2 Å². The van der Waals surface area contributed by atoms with Crippen LogP contribution in [0.3, 0.4) is 0 Å². The Labute approximate surface area is 258 Å². The average molecular weight is 621 g/mol. The Bertz CT molecular complexity index is 1710. The molecule has 1 saturated carbocycles. The molecule has 0 radical (unpaired) electrons. The Kier molecular flexibility index (Phi) is 9.82. The molecule has 0 atom stereocenters. The van der Waals surface area contributed by atoms with Gasteiger partial charge in [0.15, 0.2) is 0 Å². The SMILES string of the molecule is COc1ccc(-c2c(C3CCCCC3)c3ccc(C(=O)n4ccnc4)cc3n2CC(=O)NCCCCN(C)S(N)(=O)=O)cc1. The van der Waals surface area contributed by atoms with E-state index in [2.05, 4.69) is 10.3 Å². The fourth-order valence-electron chi connectivity index (χ4n) is 6.08. The Morgan fingerprint density at radius 2 is 1.84 bits per heavy atom. The summed E-state index contributed by atoms with van der Waals surface area (Å²) >= 11 is 0. The van der Waals surface area contributed by atoms with Gasteiger partial charge in [0.05, 0.1) is 18.3 Å². The lowest BCUT2D eigenvalue weighted by Gasteiger charge is -2.24. The maximum absolute atomic E-state index is 13.4. The average Bonchev–Trinajstić information content (AvgIpc) is 3.67. The second-order valence-corrected chi connectivity index (χ2v) is 13.0. The first-order chi connectivity index (χ1) is 21.2. The van der Waals surface area contributed by atoms with E-state index in [4.69, 9.17) is 9.88 Å². The number of methoxy groups -OCH3 is 1. The summed E-state index contributed by atoms with van der Waals surface area (Å²) in [5.74, 6) is 0.711. The zero-order valence-corrected chi connectivity index (χ0v) is 26.1. The van der Waals surface area contributed by atoms with Gasteiger partial charge in [-0.25, -0.2) is 10.1 Å². The molecule has 1 amide bonds. The maximum atomic E-state index is 13.4. The number of aromatic nitrogens is 3. The van der Waals surface area contributed by atoms with E-state index in [1.807, 2.05) is 47.0 Å². The second kappa shape index (κ2) is 13.7. The van der Waals surface area contributed by atoms with E-state index in [0.29, 0.717) is 30.9 Å². The number of carbonyl (C=O) groups excluding carboxylic acids is 2. The first kappa shape index (κ1) is 31.4. The van der Waals surface area contributed by atoms with Crippen molar-refractivity contribution in [2.24, 2.45) is 5.14 Å². The highest BCUT2D eigenvalue weighted by molar-refractivity contribution is 7.86. The first-order valence-electron chi connectivity index (χ1n) is 15.0. The molecule has 1 aliphatic rings. The lowest BCUT2D eigenvalue weighted by molar-refractivity contribution is -0.121. The normalized spacial score (nSPS) is 14.3. The summed E-state index contributed by atoms with van der Waals surface area (Å²) in [7, 11) is -0.662. The quantitative estimate of drug-likeness (QED) is 0.227. The summed E-state index contributed by atoms with van der Waals surface area (Å²) in [6, 6.07) is 13.7. The minimum atomic E-state index is -3.73. The molecule has 0 unspecified atom stereocenters. The van der Waals surface area contributed by atoms with Crippen LogP contribution >= 0.6 is 0 Å². The highest BCUT2D eigenvalue weighted by Crippen LogP contribution is 2.44. The molecule has 0 spiro atoms. The highest BCUT2D eigenvalue weighted by atomic mass is 32.2. The second-order valence-electron chi connectivity index (χ2n) is 11.3. The van der Waals surface area contributed by atoms with Crippen LogP contribution in [0.4, 0.5) is 0 Å². The van der Waals surface area contributed by atoms with Crippen molar-refractivity contribution < 1.29 is 22.7 Å². The van der Waals surface area contributed by atoms with E-state index >= 15 is 0 Å². The van der Waals surface area contributed by atoms with Crippen LogP contribution in [-0.4, -0.2) is 65.9 Å². The Hall–Kier alpha value is -4.00. The largest absolute Gasteiger partial charge is 0.497 e. The minimum absolute atomic E-state index is 0.0599. The zero-order valence-electron chi connectivity index (χ0n) is 25.2. The molecule has 2 aromatic carbocycles. The van der Waals surface area contributed by atoms with Gasteiger partial charge in [-0.2, -0.15) is 12.7 Å². The molecule has 4 aromatic rings. The van der Waals surface area contributed by atoms with Crippen molar-refractivity contribution in [2.45, 2.75) is 57.4 Å². The van der Waals surface area contributed by atoms with Gasteiger partial charge in [0.1, 0.15) is 18.6 Å². The molecule has 5 rings (SSSR count). The lowest BCUT2D eigenvalue weighted by Crippen LogP contribution is -2.34. The van der Waals surface area contributed by atoms with Crippen molar-refractivity contribution in [1.29, 1.82) is 0 Å². The van der Waals surface area contributed by atoms with E-state index < -0.39 is 10.2 Å². The summed E-state index contributed by atoms with van der Waals surface area (Å²) in [4.78, 5) is 30.8. The van der Waals surface area contributed by atoms with Crippen molar-refractivity contribution in [3.63, 3.8) is 0 Å². The molecule has 3 N–H and O–H groups in total. The van der Waals surface area contributed by atoms with E-state index in [-0.39, 0.29) is 24.9 Å². The van der Waals surface area contributed by atoms with Gasteiger partial charge < -0.3 is 14.6 Å². The third-order valence-electron chi connectivity index (χ3n) is 8.42. The van der Waals surface area contributed by atoms with Gasteiger partial charge in [-0.05, 0) is 79.1 Å². The van der Waals surface area contributed by atoms with Crippen molar-refractivity contribution in [3.8, 4) is 17.0 Å². The predicted octanol–water partition coefficient (Wildman–Crippen LogP) is 4.28. The maximum Gasteiger partial charge on any atom is 0.276 e. The summed E-state index contributed by atoms with van der Waals surface area (Å²) in [5, 5.41) is 9.20. The van der Waals surface area contributed by atoms with Crippen molar-refractivity contribution >= 4 is 32.9 Å². The number of amides is 1. The number of hydrogen-bond donors (Lipinski definition) is 2. The molecule has 234 valence electrons. The number of unbranched alkanes of at least 4 members (excludes halogenated alkanes) is 1. The number of rotatable bonds is 12. The number of nitrogens with one attached hydrogen (secondary N) is 1. The number of nitrogens with zero attached hydrogens (tertiary/aromatic N) is 4. The molecule has 12 heteroatoms. The lowest BCUT2D eigenvalue weighted by atomic mass is 9.81. The molecule has 1 aliphatic carbocycles. The first-order valence-corrected chi connectivity index (χ1v) is 16.5. The van der Waals surface area contributed by atoms with Crippen LogP contribution in [0.25, 0.3) is 22.2 Å². The number of hydrogen-bond acceptors (Lipinski definition) is 6. The van der Waals surface area contributed by atoms with E-state index in [9.17, 15) is 18.0 Å². The van der Waals surface area contributed by atoms with E-state index in [1.54, 1.807) is 19.5 Å². The standard InChI is InChI=1S/C32H40N6O5S/c1-36(44(33,41)42)18-7-6-16-35-29(39)21-38-28-20-25(32(40)37-19-17-34-22-37)12-15-27(28)30(23-8-4-3-5-9-23)31(38)24-10-13-26(43-2)14-11-24/h10-15,17,19-20,22-23H,3-9,16,18,21H2,1-2H3,(H,35,39)(H2,33,41,42). The van der Waals surface area contributed by atoms with Crippen LogP contribution in [0.5, 0.6) is 5.75 Å². The molecule has 0 bridgehead atoms. The Balaban J connectivity index is 1.52. The van der Waals surface area contributed by atoms with Gasteiger partial charge in [0.2, 0.25) is 5.91 Å². The number of imidazole rings is 1. The number of ether oxygens (including phenoxy) is 1. The number of benzene rings is 2. The van der Waals surface area contributed by atoms with Crippen molar-refractivity contribution in [2.75, 3.05) is 27.2 Å². The summed E-state index contributed by atoms with van der Waals surface area (Å²) < 4.78 is 32.9. The monoisotopic (exact) mass is 620 g/mol. The Morgan fingerprint density at radius 1 is 1.09 bits per heavy atom. The minimum Gasteiger partial charge on any atom is -0.497 e. The fraction of sp³-hybridized carbons (Fsp3) is 0.406. The van der Waals surface area contributed by atoms with Crippen LogP contribution < -0.4 is 15.2 Å². The molecule has 11 nitrogen and oxygen atoms in total. The molecule has 0 aliphatic heterocycles. The van der Waals surface area contributed by atoms with Crippen LogP contribution in [0.1, 0.15) is 66.8 Å². The van der Waals surface area contributed by atoms with Crippen LogP contribution in [0.2, 0.25) is 0 Å². The van der Waals surface area contributed by atoms with Gasteiger partial charge >= 0.3 is 0 Å². The fourth-order valence-corrected chi connectivity index (χ4v) is 6.46. The van der Waals surface area contributed by atoms with Gasteiger partial charge in [0.25, 0.3) is 16.1 Å². The van der Waals surface area contributed by atoms with Gasteiger partial charge in [-0.1, -0.05) is 25.3 Å². The van der Waals surface area contributed by atoms with E-state index in [1.165, 1.54) is 29.9 Å². The molecule has 2 heterocycles.